The van der Waals surface area contributed by atoms with Gasteiger partial charge < -0.3 is 9.84 Å². The molecule has 11 heavy (non-hydrogen) atoms. The molecule has 0 radical (unpaired) electrons. The molecule has 4 nitrogen and oxygen atoms in total. The maximum Gasteiger partial charge on any atom is 0.232 e. The van der Waals surface area contributed by atoms with E-state index >= 15 is 0 Å². The molecule has 0 saturated heterocycles. The molecule has 0 aliphatic carbocycles. The summed E-state index contributed by atoms with van der Waals surface area (Å²) in [6, 6.07) is 0. The molecule has 0 aliphatic rings. The van der Waals surface area contributed by atoms with Gasteiger partial charge in [0.15, 0.2) is 0 Å². The number of aromatic nitrogens is 2. The van der Waals surface area contributed by atoms with Crippen molar-refractivity contribution in [3.8, 4) is 5.88 Å². The third-order valence-electron chi connectivity index (χ3n) is 1.14. The maximum absolute atomic E-state index is 8.62. The third-order valence-corrected chi connectivity index (χ3v) is 1.14. The van der Waals surface area contributed by atoms with Crippen LogP contribution in [0.1, 0.15) is 12.6 Å². The molecule has 1 heterocycles. The van der Waals surface area contributed by atoms with Crippen molar-refractivity contribution in [2.75, 3.05) is 6.61 Å². The van der Waals surface area contributed by atoms with Crippen LogP contribution in [0.15, 0.2) is 12.4 Å². The summed E-state index contributed by atoms with van der Waals surface area (Å²) in [5.41, 5.74) is 0.549. The number of aliphatic hydroxyl groups is 1. The molecule has 0 fully saturated rings. The Morgan fingerprint density at radius 2 is 2.27 bits per heavy atom. The Balaban J connectivity index is 2.66. The van der Waals surface area contributed by atoms with Crippen LogP contribution in [0.25, 0.3) is 0 Å². The van der Waals surface area contributed by atoms with Crippen molar-refractivity contribution in [1.29, 1.82) is 0 Å². The number of ether oxygens (including phenoxy) is 1. The highest BCUT2D eigenvalue weighted by molar-refractivity contribution is 5.06. The van der Waals surface area contributed by atoms with Gasteiger partial charge in [0.2, 0.25) is 5.88 Å². The monoisotopic (exact) mass is 154 g/mol. The van der Waals surface area contributed by atoms with Crippen LogP contribution in [0.4, 0.5) is 0 Å². The van der Waals surface area contributed by atoms with Crippen LogP contribution in [0.3, 0.4) is 0 Å². The van der Waals surface area contributed by atoms with Crippen molar-refractivity contribution in [3.05, 3.63) is 18.1 Å². The first-order chi connectivity index (χ1) is 5.36. The Kier molecular flexibility index (Phi) is 2.80. The van der Waals surface area contributed by atoms with Gasteiger partial charge in [0.25, 0.3) is 0 Å². The van der Waals surface area contributed by atoms with Crippen LogP contribution in [0.5, 0.6) is 5.88 Å². The molecular weight excluding hydrogens is 144 g/mol. The smallest absolute Gasteiger partial charge is 0.232 e. The fourth-order valence-electron chi connectivity index (χ4n) is 0.647. The molecule has 0 aromatic carbocycles. The summed E-state index contributed by atoms with van der Waals surface area (Å²) in [5.74, 6) is 0.490. The molecule has 0 atom stereocenters. The lowest BCUT2D eigenvalue weighted by Crippen LogP contribution is -1.97. The molecule has 0 unspecified atom stereocenters. The zero-order valence-corrected chi connectivity index (χ0v) is 6.32. The van der Waals surface area contributed by atoms with E-state index in [0.717, 1.165) is 0 Å². The molecule has 0 amide bonds. The Bertz CT molecular complexity index is 210. The Labute approximate surface area is 64.9 Å². The topological polar surface area (TPSA) is 55.2 Å². The Morgan fingerprint density at radius 3 is 2.73 bits per heavy atom. The molecule has 1 rings (SSSR count). The quantitative estimate of drug-likeness (QED) is 0.683. The van der Waals surface area contributed by atoms with Crippen LogP contribution in [-0.2, 0) is 6.61 Å². The van der Waals surface area contributed by atoms with Crippen molar-refractivity contribution in [3.63, 3.8) is 0 Å². The molecule has 0 aliphatic heterocycles. The van der Waals surface area contributed by atoms with Gasteiger partial charge in [-0.15, -0.1) is 0 Å². The van der Waals surface area contributed by atoms with Gasteiger partial charge in [-0.05, 0) is 6.92 Å². The summed E-state index contributed by atoms with van der Waals surface area (Å²) >= 11 is 0. The average Bonchev–Trinajstić information content (AvgIpc) is 2.07. The van der Waals surface area contributed by atoms with E-state index in [1.165, 1.54) is 12.4 Å². The molecule has 60 valence electrons. The van der Waals surface area contributed by atoms with Gasteiger partial charge >= 0.3 is 0 Å². The highest BCUT2D eigenvalue weighted by atomic mass is 16.5. The van der Waals surface area contributed by atoms with Gasteiger partial charge in [-0.1, -0.05) is 0 Å². The average molecular weight is 154 g/mol. The third kappa shape index (κ3) is 2.16. The first-order valence-electron chi connectivity index (χ1n) is 3.41. The van der Waals surface area contributed by atoms with Gasteiger partial charge in [0.05, 0.1) is 31.3 Å². The normalized spacial score (nSPS) is 9.64. The molecule has 1 aromatic rings. The number of rotatable bonds is 3. The van der Waals surface area contributed by atoms with Crippen molar-refractivity contribution in [2.24, 2.45) is 0 Å². The minimum Gasteiger partial charge on any atom is -0.477 e. The Morgan fingerprint density at radius 1 is 1.45 bits per heavy atom. The van der Waals surface area contributed by atoms with Crippen molar-refractivity contribution in [1.82, 2.24) is 9.97 Å². The minimum absolute atomic E-state index is 0.0839. The lowest BCUT2D eigenvalue weighted by atomic mass is 10.5. The predicted octanol–water partition coefficient (Wildman–Crippen LogP) is 0.368. The fourth-order valence-corrected chi connectivity index (χ4v) is 0.647. The maximum atomic E-state index is 8.62. The highest BCUT2D eigenvalue weighted by Crippen LogP contribution is 2.02. The van der Waals surface area contributed by atoms with E-state index in [4.69, 9.17) is 9.84 Å². The van der Waals surface area contributed by atoms with E-state index in [1.807, 2.05) is 6.92 Å². The van der Waals surface area contributed by atoms with Crippen LogP contribution < -0.4 is 4.74 Å². The van der Waals surface area contributed by atoms with E-state index in [2.05, 4.69) is 9.97 Å². The summed E-state index contributed by atoms with van der Waals surface area (Å²) < 4.78 is 5.05. The van der Waals surface area contributed by atoms with Gasteiger partial charge in [0, 0.05) is 0 Å². The number of nitrogens with zero attached hydrogens (tertiary/aromatic N) is 2. The second-order valence-corrected chi connectivity index (χ2v) is 1.94. The zero-order valence-electron chi connectivity index (χ0n) is 6.32. The first kappa shape index (κ1) is 7.94. The highest BCUT2D eigenvalue weighted by Gasteiger charge is 1.94. The van der Waals surface area contributed by atoms with Gasteiger partial charge in [0.1, 0.15) is 0 Å². The summed E-state index contributed by atoms with van der Waals surface area (Å²) in [6.45, 7) is 2.37. The molecule has 0 saturated carbocycles. The van der Waals surface area contributed by atoms with Gasteiger partial charge in [-0.25, -0.2) is 4.98 Å². The van der Waals surface area contributed by atoms with E-state index in [-0.39, 0.29) is 6.61 Å². The zero-order chi connectivity index (χ0) is 8.10. The van der Waals surface area contributed by atoms with E-state index < -0.39 is 0 Å². The SMILES string of the molecule is CCOc1cnc(CO)cn1. The second kappa shape index (κ2) is 3.88. The molecule has 1 N–H and O–H groups in total. The lowest BCUT2D eigenvalue weighted by Gasteiger charge is -2.00. The molecule has 0 bridgehead atoms. The van der Waals surface area contributed by atoms with Crippen molar-refractivity contribution < 1.29 is 9.84 Å². The Hall–Kier alpha value is -1.16. The van der Waals surface area contributed by atoms with E-state index in [9.17, 15) is 0 Å². The van der Waals surface area contributed by atoms with Gasteiger partial charge in [-0.3, -0.25) is 4.98 Å². The summed E-state index contributed by atoms with van der Waals surface area (Å²) in [6.07, 6.45) is 2.99. The lowest BCUT2D eigenvalue weighted by molar-refractivity contribution is 0.274. The van der Waals surface area contributed by atoms with Crippen LogP contribution in [0.2, 0.25) is 0 Å². The van der Waals surface area contributed by atoms with Crippen LogP contribution in [-0.4, -0.2) is 21.7 Å². The van der Waals surface area contributed by atoms with E-state index in [1.54, 1.807) is 0 Å². The molecule has 4 heteroatoms. The molecular formula is C7H10N2O2. The first-order valence-corrected chi connectivity index (χ1v) is 3.41. The van der Waals surface area contributed by atoms with Crippen molar-refractivity contribution >= 4 is 0 Å². The van der Waals surface area contributed by atoms with Crippen molar-refractivity contribution in [2.45, 2.75) is 13.5 Å². The fraction of sp³-hybridized carbons (Fsp3) is 0.429. The van der Waals surface area contributed by atoms with Gasteiger partial charge in [-0.2, -0.15) is 0 Å². The standard InChI is InChI=1S/C7H10N2O2/c1-2-11-7-4-8-6(5-10)3-9-7/h3-4,10H,2,5H2,1H3. The summed E-state index contributed by atoms with van der Waals surface area (Å²) in [7, 11) is 0. The molecule has 0 spiro atoms. The number of hydrogen-bond acceptors (Lipinski definition) is 4. The predicted molar refractivity (Wildman–Crippen MR) is 39.1 cm³/mol. The second-order valence-electron chi connectivity index (χ2n) is 1.94. The molecule has 1 aromatic heterocycles. The van der Waals surface area contributed by atoms with E-state index in [0.29, 0.717) is 18.2 Å². The largest absolute Gasteiger partial charge is 0.477 e. The van der Waals surface area contributed by atoms with Crippen LogP contribution in [0, 0.1) is 0 Å². The summed E-state index contributed by atoms with van der Waals surface area (Å²) in [4.78, 5) is 7.77. The number of hydrogen-bond donors (Lipinski definition) is 1. The number of aliphatic hydroxyl groups excluding tert-OH is 1. The van der Waals surface area contributed by atoms with Crippen LogP contribution >= 0.6 is 0 Å². The minimum atomic E-state index is -0.0839. The summed E-state index contributed by atoms with van der Waals surface area (Å²) in [5, 5.41) is 8.62.